The quantitative estimate of drug-likeness (QED) is 0.775. The van der Waals surface area contributed by atoms with Crippen LogP contribution >= 0.6 is 0 Å². The lowest BCUT2D eigenvalue weighted by atomic mass is 10.1. The molecular weight excluding hydrogens is 290 g/mol. The molecule has 23 heavy (non-hydrogen) atoms. The van der Waals surface area contributed by atoms with Crippen LogP contribution in [-0.2, 0) is 17.7 Å². The number of nitrogens with zero attached hydrogens (tertiary/aromatic N) is 3. The second kappa shape index (κ2) is 8.48. The number of rotatable bonds is 7. The molecule has 0 radical (unpaired) electrons. The van der Waals surface area contributed by atoms with Gasteiger partial charge in [0, 0.05) is 26.2 Å². The van der Waals surface area contributed by atoms with Gasteiger partial charge < -0.3 is 9.64 Å². The van der Waals surface area contributed by atoms with Crippen molar-refractivity contribution in [3.63, 3.8) is 0 Å². The van der Waals surface area contributed by atoms with Gasteiger partial charge in [0.1, 0.15) is 5.69 Å². The van der Waals surface area contributed by atoms with E-state index in [9.17, 15) is 4.79 Å². The van der Waals surface area contributed by atoms with Gasteiger partial charge in [-0.05, 0) is 51.5 Å². The topological polar surface area (TPSA) is 47.4 Å². The lowest BCUT2D eigenvalue weighted by Crippen LogP contribution is -2.40. The Morgan fingerprint density at radius 1 is 1.43 bits per heavy atom. The van der Waals surface area contributed by atoms with Crippen molar-refractivity contribution in [2.24, 2.45) is 5.92 Å². The van der Waals surface area contributed by atoms with E-state index in [-0.39, 0.29) is 12.0 Å². The van der Waals surface area contributed by atoms with E-state index in [1.807, 2.05) is 29.5 Å². The Labute approximate surface area is 140 Å². The number of ether oxygens (including phenoxy) is 1. The molecule has 1 aromatic heterocycles. The Hall–Kier alpha value is -1.36. The highest BCUT2D eigenvalue weighted by molar-refractivity contribution is 5.92. The van der Waals surface area contributed by atoms with E-state index in [0.29, 0.717) is 24.7 Å². The Kier molecular flexibility index (Phi) is 6.63. The third-order valence-corrected chi connectivity index (χ3v) is 4.33. The molecule has 0 aliphatic carbocycles. The van der Waals surface area contributed by atoms with Crippen molar-refractivity contribution < 1.29 is 9.53 Å². The van der Waals surface area contributed by atoms with Crippen LogP contribution in [-0.4, -0.2) is 46.4 Å². The highest BCUT2D eigenvalue weighted by Gasteiger charge is 2.24. The summed E-state index contributed by atoms with van der Waals surface area (Å²) in [6.45, 7) is 11.3. The van der Waals surface area contributed by atoms with Crippen molar-refractivity contribution in [2.45, 2.75) is 66.0 Å². The molecule has 2 heterocycles. The molecule has 0 bridgehead atoms. The first kappa shape index (κ1) is 18.0. The van der Waals surface area contributed by atoms with Crippen LogP contribution < -0.4 is 0 Å². The van der Waals surface area contributed by atoms with E-state index in [4.69, 9.17) is 4.74 Å². The van der Waals surface area contributed by atoms with Gasteiger partial charge in [-0.2, -0.15) is 5.10 Å². The number of hydrogen-bond acceptors (Lipinski definition) is 3. The molecule has 0 aromatic carbocycles. The molecule has 1 amide bonds. The molecule has 130 valence electrons. The van der Waals surface area contributed by atoms with Crippen molar-refractivity contribution in [1.82, 2.24) is 14.7 Å². The van der Waals surface area contributed by atoms with Gasteiger partial charge in [-0.1, -0.05) is 13.8 Å². The summed E-state index contributed by atoms with van der Waals surface area (Å²) in [6.07, 6.45) is 4.47. The van der Waals surface area contributed by atoms with Crippen molar-refractivity contribution >= 4 is 5.91 Å². The highest BCUT2D eigenvalue weighted by atomic mass is 16.5. The SMILES string of the molecule is CCN(CC1CCCCO1)C(=O)c1cc(CC(C)C)nn1CC. The molecule has 1 aliphatic heterocycles. The zero-order chi connectivity index (χ0) is 16.8. The van der Waals surface area contributed by atoms with Gasteiger partial charge in [0.25, 0.3) is 5.91 Å². The Balaban J connectivity index is 2.10. The average Bonchev–Trinajstić information content (AvgIpc) is 2.95. The summed E-state index contributed by atoms with van der Waals surface area (Å²) in [6, 6.07) is 1.97. The molecule has 1 atom stereocenters. The molecule has 0 N–H and O–H groups in total. The molecule has 2 rings (SSSR count). The Morgan fingerprint density at radius 2 is 2.22 bits per heavy atom. The van der Waals surface area contributed by atoms with Crippen molar-refractivity contribution in [3.8, 4) is 0 Å². The van der Waals surface area contributed by atoms with Crippen LogP contribution in [0, 0.1) is 5.92 Å². The van der Waals surface area contributed by atoms with E-state index < -0.39 is 0 Å². The summed E-state index contributed by atoms with van der Waals surface area (Å²) >= 11 is 0. The fraction of sp³-hybridized carbons (Fsp3) is 0.778. The van der Waals surface area contributed by atoms with E-state index >= 15 is 0 Å². The zero-order valence-electron chi connectivity index (χ0n) is 15.0. The first-order valence-corrected chi connectivity index (χ1v) is 9.02. The third kappa shape index (κ3) is 4.80. The summed E-state index contributed by atoms with van der Waals surface area (Å²) in [7, 11) is 0. The minimum atomic E-state index is 0.0750. The second-order valence-electron chi connectivity index (χ2n) is 6.77. The lowest BCUT2D eigenvalue weighted by molar-refractivity contribution is -0.00334. The van der Waals surface area contributed by atoms with Gasteiger partial charge >= 0.3 is 0 Å². The Morgan fingerprint density at radius 3 is 2.78 bits per heavy atom. The molecule has 1 fully saturated rings. The van der Waals surface area contributed by atoms with Crippen LogP contribution in [0.5, 0.6) is 0 Å². The normalized spacial score (nSPS) is 18.4. The summed E-state index contributed by atoms with van der Waals surface area (Å²) in [5.74, 6) is 0.613. The molecule has 1 aromatic rings. The van der Waals surface area contributed by atoms with E-state index in [0.717, 1.165) is 38.1 Å². The maximum Gasteiger partial charge on any atom is 0.272 e. The van der Waals surface area contributed by atoms with Gasteiger partial charge in [0.2, 0.25) is 0 Å². The van der Waals surface area contributed by atoms with Gasteiger partial charge in [0.15, 0.2) is 0 Å². The van der Waals surface area contributed by atoms with Crippen LogP contribution in [0.25, 0.3) is 0 Å². The van der Waals surface area contributed by atoms with Crippen LogP contribution in [0.1, 0.15) is 63.1 Å². The number of aryl methyl sites for hydroxylation is 1. The number of carbonyl (C=O) groups excluding carboxylic acids is 1. The molecule has 5 nitrogen and oxygen atoms in total. The summed E-state index contributed by atoms with van der Waals surface area (Å²) in [5, 5.41) is 4.59. The number of likely N-dealkylation sites (N-methyl/N-ethyl adjacent to an activating group) is 1. The predicted octanol–water partition coefficient (Wildman–Crippen LogP) is 3.13. The number of aromatic nitrogens is 2. The molecule has 5 heteroatoms. The zero-order valence-corrected chi connectivity index (χ0v) is 15.0. The van der Waals surface area contributed by atoms with E-state index in [2.05, 4.69) is 18.9 Å². The summed E-state index contributed by atoms with van der Waals surface area (Å²) < 4.78 is 7.63. The number of amides is 1. The summed E-state index contributed by atoms with van der Waals surface area (Å²) in [4.78, 5) is 14.8. The maximum absolute atomic E-state index is 12.9. The van der Waals surface area contributed by atoms with Crippen LogP contribution in [0.4, 0.5) is 0 Å². The molecule has 1 unspecified atom stereocenters. The fourth-order valence-electron chi connectivity index (χ4n) is 3.12. The van der Waals surface area contributed by atoms with Gasteiger partial charge in [0.05, 0.1) is 11.8 Å². The first-order chi connectivity index (χ1) is 11.0. The molecular formula is C18H31N3O2. The average molecular weight is 321 g/mol. The standard InChI is InChI=1S/C18H31N3O2/c1-5-20(13-16-9-7-8-10-23-16)18(22)17-12-15(11-14(3)4)19-21(17)6-2/h12,14,16H,5-11,13H2,1-4H3. The minimum absolute atomic E-state index is 0.0750. The molecule has 1 aliphatic rings. The summed E-state index contributed by atoms with van der Waals surface area (Å²) in [5.41, 5.74) is 1.72. The minimum Gasteiger partial charge on any atom is -0.376 e. The number of carbonyl (C=O) groups is 1. The Bertz CT molecular complexity index is 504. The van der Waals surface area contributed by atoms with Gasteiger partial charge in [-0.3, -0.25) is 9.48 Å². The maximum atomic E-state index is 12.9. The van der Waals surface area contributed by atoms with Crippen LogP contribution in [0.2, 0.25) is 0 Å². The number of hydrogen-bond donors (Lipinski definition) is 0. The third-order valence-electron chi connectivity index (χ3n) is 4.33. The van der Waals surface area contributed by atoms with Crippen molar-refractivity contribution in [2.75, 3.05) is 19.7 Å². The van der Waals surface area contributed by atoms with Crippen molar-refractivity contribution in [3.05, 3.63) is 17.5 Å². The second-order valence-corrected chi connectivity index (χ2v) is 6.77. The fourth-order valence-corrected chi connectivity index (χ4v) is 3.12. The first-order valence-electron chi connectivity index (χ1n) is 9.02. The monoisotopic (exact) mass is 321 g/mol. The predicted molar refractivity (Wildman–Crippen MR) is 91.6 cm³/mol. The van der Waals surface area contributed by atoms with Crippen LogP contribution in [0.15, 0.2) is 6.07 Å². The van der Waals surface area contributed by atoms with E-state index in [1.54, 1.807) is 0 Å². The van der Waals surface area contributed by atoms with E-state index in [1.165, 1.54) is 6.42 Å². The van der Waals surface area contributed by atoms with Gasteiger partial charge in [-0.15, -0.1) is 0 Å². The lowest BCUT2D eigenvalue weighted by Gasteiger charge is -2.29. The molecule has 1 saturated heterocycles. The largest absolute Gasteiger partial charge is 0.376 e. The highest BCUT2D eigenvalue weighted by Crippen LogP contribution is 2.17. The van der Waals surface area contributed by atoms with Crippen molar-refractivity contribution in [1.29, 1.82) is 0 Å². The molecule has 0 saturated carbocycles. The smallest absolute Gasteiger partial charge is 0.272 e. The van der Waals surface area contributed by atoms with Gasteiger partial charge in [-0.25, -0.2) is 0 Å². The van der Waals surface area contributed by atoms with Crippen LogP contribution in [0.3, 0.4) is 0 Å². The molecule has 0 spiro atoms.